The van der Waals surface area contributed by atoms with Gasteiger partial charge in [0.2, 0.25) is 0 Å². The molecule has 1 rings (SSSR count). The van der Waals surface area contributed by atoms with E-state index in [2.05, 4.69) is 21.2 Å². The van der Waals surface area contributed by atoms with E-state index in [0.717, 1.165) is 17.4 Å². The van der Waals surface area contributed by atoms with Crippen molar-refractivity contribution in [1.82, 2.24) is 5.32 Å². The van der Waals surface area contributed by atoms with E-state index < -0.39 is 0 Å². The summed E-state index contributed by atoms with van der Waals surface area (Å²) in [6, 6.07) is 4.38. The van der Waals surface area contributed by atoms with Gasteiger partial charge in [-0.3, -0.25) is 4.79 Å². The largest absolute Gasteiger partial charge is 0.310 e. The number of ketones is 1. The molecule has 0 bridgehead atoms. The Bertz CT molecular complexity index is 368. The maximum Gasteiger partial charge on any atom is 0.151 e. The fourth-order valence-corrected chi connectivity index (χ4v) is 1.75. The van der Waals surface area contributed by atoms with Crippen LogP contribution in [0.4, 0.5) is 4.39 Å². The Labute approximate surface area is 103 Å². The Morgan fingerprint density at radius 3 is 2.94 bits per heavy atom. The second-order valence-corrected chi connectivity index (χ2v) is 4.48. The van der Waals surface area contributed by atoms with Crippen molar-refractivity contribution >= 4 is 21.7 Å². The highest BCUT2D eigenvalue weighted by Gasteiger charge is 2.07. The topological polar surface area (TPSA) is 29.1 Å². The molecule has 0 atom stereocenters. The second kappa shape index (κ2) is 6.76. The summed E-state index contributed by atoms with van der Waals surface area (Å²) in [6.45, 7) is 3.22. The van der Waals surface area contributed by atoms with Crippen molar-refractivity contribution in [1.29, 1.82) is 0 Å². The van der Waals surface area contributed by atoms with Crippen molar-refractivity contribution in [3.05, 3.63) is 34.1 Å². The molecule has 1 N–H and O–H groups in total. The van der Waals surface area contributed by atoms with Gasteiger partial charge >= 0.3 is 0 Å². The van der Waals surface area contributed by atoms with Gasteiger partial charge in [0.05, 0.1) is 6.54 Å². The summed E-state index contributed by atoms with van der Waals surface area (Å²) < 4.78 is 13.7. The van der Waals surface area contributed by atoms with Gasteiger partial charge in [0, 0.05) is 10.9 Å². The number of carbonyl (C=O) groups is 1. The molecular formula is C12H15BrFNO. The van der Waals surface area contributed by atoms with Gasteiger partial charge in [-0.2, -0.15) is 0 Å². The quantitative estimate of drug-likeness (QED) is 0.815. The molecule has 0 amide bonds. The van der Waals surface area contributed by atoms with E-state index in [1.54, 1.807) is 6.07 Å². The molecular weight excluding hydrogens is 273 g/mol. The molecule has 88 valence electrons. The van der Waals surface area contributed by atoms with E-state index in [1.807, 2.05) is 6.92 Å². The van der Waals surface area contributed by atoms with Gasteiger partial charge in [0.15, 0.2) is 5.78 Å². The molecule has 2 nitrogen and oxygen atoms in total. The molecule has 4 heteroatoms. The van der Waals surface area contributed by atoms with Crippen LogP contribution in [0.1, 0.15) is 18.9 Å². The van der Waals surface area contributed by atoms with Crippen LogP contribution in [-0.4, -0.2) is 18.9 Å². The predicted octanol–water partition coefficient (Wildman–Crippen LogP) is 2.70. The fraction of sp³-hybridized carbons (Fsp3) is 0.417. The Hall–Kier alpha value is -0.740. The highest BCUT2D eigenvalue weighted by atomic mass is 79.9. The molecule has 0 aliphatic carbocycles. The molecule has 0 unspecified atom stereocenters. The summed E-state index contributed by atoms with van der Waals surface area (Å²) in [7, 11) is 0. The highest BCUT2D eigenvalue weighted by Crippen LogP contribution is 2.18. The lowest BCUT2D eigenvalue weighted by atomic mass is 10.1. The number of hydrogen-bond acceptors (Lipinski definition) is 2. The number of carbonyl (C=O) groups excluding carboxylic acids is 1. The maximum absolute atomic E-state index is 13.0. The van der Waals surface area contributed by atoms with Gasteiger partial charge in [-0.15, -0.1) is 0 Å². The monoisotopic (exact) mass is 287 g/mol. The zero-order valence-electron chi connectivity index (χ0n) is 9.22. The highest BCUT2D eigenvalue weighted by molar-refractivity contribution is 9.10. The first-order chi connectivity index (χ1) is 7.63. The predicted molar refractivity (Wildman–Crippen MR) is 66.0 cm³/mol. The lowest BCUT2D eigenvalue weighted by Crippen LogP contribution is -2.24. The number of hydrogen-bond donors (Lipinski definition) is 1. The van der Waals surface area contributed by atoms with Crippen LogP contribution in [0.3, 0.4) is 0 Å². The van der Waals surface area contributed by atoms with Crippen LogP contribution >= 0.6 is 15.9 Å². The number of benzene rings is 1. The minimum absolute atomic E-state index is 0.0692. The van der Waals surface area contributed by atoms with Gasteiger partial charge in [-0.1, -0.05) is 22.9 Å². The van der Waals surface area contributed by atoms with Crippen LogP contribution in [0.2, 0.25) is 0 Å². The van der Waals surface area contributed by atoms with Gasteiger partial charge in [0.25, 0.3) is 0 Å². The normalized spacial score (nSPS) is 10.4. The first-order valence-corrected chi connectivity index (χ1v) is 6.09. The lowest BCUT2D eigenvalue weighted by Gasteiger charge is -2.05. The van der Waals surface area contributed by atoms with Crippen molar-refractivity contribution in [2.24, 2.45) is 0 Å². The molecule has 16 heavy (non-hydrogen) atoms. The third-order valence-corrected chi connectivity index (χ3v) is 2.92. The van der Waals surface area contributed by atoms with Crippen molar-refractivity contribution < 1.29 is 9.18 Å². The van der Waals surface area contributed by atoms with Crippen LogP contribution in [0.15, 0.2) is 22.7 Å². The van der Waals surface area contributed by atoms with E-state index >= 15 is 0 Å². The van der Waals surface area contributed by atoms with Crippen LogP contribution in [0, 0.1) is 5.82 Å². The first-order valence-electron chi connectivity index (χ1n) is 5.29. The smallest absolute Gasteiger partial charge is 0.151 e. The molecule has 0 saturated carbocycles. The second-order valence-electron chi connectivity index (χ2n) is 3.63. The van der Waals surface area contributed by atoms with Crippen LogP contribution in [-0.2, 0) is 11.2 Å². The number of Topliss-reactive ketones (excluding diaryl/α,β-unsaturated/α-hetero) is 1. The zero-order chi connectivity index (χ0) is 12.0. The third-order valence-electron chi connectivity index (χ3n) is 2.14. The third kappa shape index (κ3) is 4.41. The molecule has 1 aromatic carbocycles. The lowest BCUT2D eigenvalue weighted by molar-refractivity contribution is -0.117. The van der Waals surface area contributed by atoms with E-state index in [1.165, 1.54) is 12.1 Å². The molecule has 0 heterocycles. The molecule has 1 aromatic rings. The first kappa shape index (κ1) is 13.3. The molecule has 0 aromatic heterocycles. The van der Waals surface area contributed by atoms with E-state index in [-0.39, 0.29) is 18.0 Å². The Balaban J connectivity index is 2.52. The number of nitrogens with one attached hydrogen (secondary N) is 1. The average molecular weight is 288 g/mol. The van der Waals surface area contributed by atoms with Gasteiger partial charge in [-0.25, -0.2) is 4.39 Å². The molecule has 0 fully saturated rings. The summed E-state index contributed by atoms with van der Waals surface area (Å²) >= 11 is 3.30. The van der Waals surface area contributed by atoms with Gasteiger partial charge in [-0.05, 0) is 36.7 Å². The molecule has 0 radical (unpaired) electrons. The van der Waals surface area contributed by atoms with E-state index in [9.17, 15) is 9.18 Å². The van der Waals surface area contributed by atoms with Crippen molar-refractivity contribution in [3.63, 3.8) is 0 Å². The van der Waals surface area contributed by atoms with Crippen LogP contribution < -0.4 is 5.32 Å². The standard InChI is InChI=1S/C12H15BrFNO/c1-2-5-15-8-11(16)7-9-6-10(14)3-4-12(9)13/h3-4,6,15H,2,5,7-8H2,1H3. The average Bonchev–Trinajstić information content (AvgIpc) is 2.24. The van der Waals surface area contributed by atoms with Crippen molar-refractivity contribution in [3.8, 4) is 0 Å². The summed E-state index contributed by atoms with van der Waals surface area (Å²) in [5.74, 6) is -0.243. The summed E-state index contributed by atoms with van der Waals surface area (Å²) in [6.07, 6.45) is 1.26. The van der Waals surface area contributed by atoms with E-state index in [4.69, 9.17) is 0 Å². The summed E-state index contributed by atoms with van der Waals surface area (Å²) in [5.41, 5.74) is 0.697. The van der Waals surface area contributed by atoms with Crippen molar-refractivity contribution in [2.75, 3.05) is 13.1 Å². The Morgan fingerprint density at radius 2 is 2.25 bits per heavy atom. The fourth-order valence-electron chi connectivity index (χ4n) is 1.36. The molecule has 0 aliphatic heterocycles. The molecule has 0 aliphatic rings. The van der Waals surface area contributed by atoms with Gasteiger partial charge in [0.1, 0.15) is 5.82 Å². The molecule has 0 spiro atoms. The Kier molecular flexibility index (Phi) is 5.63. The van der Waals surface area contributed by atoms with Gasteiger partial charge < -0.3 is 5.32 Å². The van der Waals surface area contributed by atoms with Crippen LogP contribution in [0.5, 0.6) is 0 Å². The minimum Gasteiger partial charge on any atom is -0.310 e. The summed E-state index contributed by atoms with van der Waals surface area (Å²) in [4.78, 5) is 11.5. The maximum atomic E-state index is 13.0. The SMILES string of the molecule is CCCNCC(=O)Cc1cc(F)ccc1Br. The summed E-state index contributed by atoms with van der Waals surface area (Å²) in [5, 5.41) is 3.03. The minimum atomic E-state index is -0.312. The number of halogens is 2. The zero-order valence-corrected chi connectivity index (χ0v) is 10.8. The number of rotatable bonds is 6. The molecule has 0 saturated heterocycles. The van der Waals surface area contributed by atoms with Crippen LogP contribution in [0.25, 0.3) is 0 Å². The Morgan fingerprint density at radius 1 is 1.50 bits per heavy atom. The van der Waals surface area contributed by atoms with Crippen molar-refractivity contribution in [2.45, 2.75) is 19.8 Å². The van der Waals surface area contributed by atoms with E-state index in [0.29, 0.717) is 12.1 Å².